The maximum absolute atomic E-state index is 11.4. The molecule has 0 spiro atoms. The second-order valence-electron chi connectivity index (χ2n) is 3.06. The normalized spacial score (nSPS) is 9.67. The van der Waals surface area contributed by atoms with Crippen molar-refractivity contribution in [1.29, 1.82) is 0 Å². The Labute approximate surface area is 89.0 Å². The van der Waals surface area contributed by atoms with Crippen LogP contribution < -0.4 is 0 Å². The van der Waals surface area contributed by atoms with Crippen molar-refractivity contribution in [3.05, 3.63) is 48.0 Å². The molecule has 1 rings (SSSR count). The fourth-order valence-electron chi connectivity index (χ4n) is 1.15. The summed E-state index contributed by atoms with van der Waals surface area (Å²) >= 11 is 0. The minimum absolute atomic E-state index is 0.111. The molecule has 0 aliphatic heterocycles. The van der Waals surface area contributed by atoms with Crippen LogP contribution in [-0.4, -0.2) is 24.3 Å². The molecule has 1 N–H and O–H groups in total. The fourth-order valence-corrected chi connectivity index (χ4v) is 1.15. The first kappa shape index (κ1) is 11.5. The average Bonchev–Trinajstić information content (AvgIpc) is 2.27. The molecular weight excluding hydrogens is 192 g/mol. The SMILES string of the molecule is C=CCOC(=O)c1ccc(CCO)cc1. The van der Waals surface area contributed by atoms with E-state index in [1.807, 2.05) is 0 Å². The molecular formula is C12H14O3. The number of hydrogen-bond donors (Lipinski definition) is 1. The average molecular weight is 206 g/mol. The minimum Gasteiger partial charge on any atom is -0.458 e. The molecule has 0 saturated heterocycles. The highest BCUT2D eigenvalue weighted by Gasteiger charge is 2.05. The van der Waals surface area contributed by atoms with Crippen LogP contribution in [-0.2, 0) is 11.2 Å². The van der Waals surface area contributed by atoms with Crippen LogP contribution in [0.4, 0.5) is 0 Å². The van der Waals surface area contributed by atoms with Crippen LogP contribution in [0.1, 0.15) is 15.9 Å². The molecule has 3 heteroatoms. The Hall–Kier alpha value is -1.61. The van der Waals surface area contributed by atoms with Crippen molar-refractivity contribution in [3.63, 3.8) is 0 Å². The smallest absolute Gasteiger partial charge is 0.338 e. The number of benzene rings is 1. The lowest BCUT2D eigenvalue weighted by Gasteiger charge is -2.03. The Kier molecular flexibility index (Phi) is 4.57. The molecule has 1 aromatic carbocycles. The van der Waals surface area contributed by atoms with E-state index in [4.69, 9.17) is 9.84 Å². The topological polar surface area (TPSA) is 46.5 Å². The summed E-state index contributed by atoms with van der Waals surface area (Å²) in [5.41, 5.74) is 1.51. The van der Waals surface area contributed by atoms with Crippen LogP contribution in [0.3, 0.4) is 0 Å². The summed E-state index contributed by atoms with van der Waals surface area (Å²) in [4.78, 5) is 11.4. The molecule has 0 heterocycles. The van der Waals surface area contributed by atoms with E-state index >= 15 is 0 Å². The largest absolute Gasteiger partial charge is 0.458 e. The second-order valence-corrected chi connectivity index (χ2v) is 3.06. The minimum atomic E-state index is -0.356. The van der Waals surface area contributed by atoms with Gasteiger partial charge in [0.2, 0.25) is 0 Å². The summed E-state index contributed by atoms with van der Waals surface area (Å²) in [6, 6.07) is 6.99. The number of carbonyl (C=O) groups excluding carboxylic acids is 1. The molecule has 0 radical (unpaired) electrons. The molecule has 0 amide bonds. The van der Waals surface area contributed by atoms with Gasteiger partial charge in [0.15, 0.2) is 0 Å². The number of hydrogen-bond acceptors (Lipinski definition) is 3. The lowest BCUT2D eigenvalue weighted by Crippen LogP contribution is -2.05. The lowest BCUT2D eigenvalue weighted by molar-refractivity contribution is 0.0550. The van der Waals surface area contributed by atoms with Crippen LogP contribution in [0.25, 0.3) is 0 Å². The zero-order chi connectivity index (χ0) is 11.1. The van der Waals surface area contributed by atoms with E-state index in [0.717, 1.165) is 5.56 Å². The maximum Gasteiger partial charge on any atom is 0.338 e. The Morgan fingerprint density at radius 3 is 2.60 bits per heavy atom. The van der Waals surface area contributed by atoms with Gasteiger partial charge in [-0.05, 0) is 24.1 Å². The van der Waals surface area contributed by atoms with Crippen LogP contribution in [0, 0.1) is 0 Å². The predicted molar refractivity (Wildman–Crippen MR) is 57.7 cm³/mol. The molecule has 0 bridgehead atoms. The summed E-state index contributed by atoms with van der Waals surface area (Å²) in [6.45, 7) is 3.79. The molecule has 1 aromatic rings. The van der Waals surface area contributed by atoms with E-state index in [9.17, 15) is 4.79 Å². The molecule has 80 valence electrons. The van der Waals surface area contributed by atoms with Gasteiger partial charge in [0.1, 0.15) is 6.61 Å². The van der Waals surface area contributed by atoms with Gasteiger partial charge in [-0.2, -0.15) is 0 Å². The zero-order valence-corrected chi connectivity index (χ0v) is 8.48. The first-order valence-electron chi connectivity index (χ1n) is 4.75. The number of esters is 1. The quantitative estimate of drug-likeness (QED) is 0.587. The fraction of sp³-hybridized carbons (Fsp3) is 0.250. The van der Waals surface area contributed by atoms with Crippen LogP contribution >= 0.6 is 0 Å². The highest BCUT2D eigenvalue weighted by atomic mass is 16.5. The molecule has 0 aliphatic rings. The molecule has 0 saturated carbocycles. The monoisotopic (exact) mass is 206 g/mol. The predicted octanol–water partition coefficient (Wildman–Crippen LogP) is 1.56. The van der Waals surface area contributed by atoms with Gasteiger partial charge in [-0.1, -0.05) is 24.8 Å². The number of carbonyl (C=O) groups is 1. The van der Waals surface area contributed by atoms with E-state index in [-0.39, 0.29) is 19.2 Å². The third kappa shape index (κ3) is 3.56. The van der Waals surface area contributed by atoms with Crippen LogP contribution in [0.2, 0.25) is 0 Å². The van der Waals surface area contributed by atoms with Crippen molar-refractivity contribution in [2.24, 2.45) is 0 Å². The number of aliphatic hydroxyl groups excluding tert-OH is 1. The molecule has 0 aromatic heterocycles. The number of rotatable bonds is 5. The van der Waals surface area contributed by atoms with Crippen molar-refractivity contribution in [2.75, 3.05) is 13.2 Å². The van der Waals surface area contributed by atoms with E-state index in [1.54, 1.807) is 24.3 Å². The molecule has 3 nitrogen and oxygen atoms in total. The second kappa shape index (κ2) is 5.98. The van der Waals surface area contributed by atoms with Crippen molar-refractivity contribution in [1.82, 2.24) is 0 Å². The van der Waals surface area contributed by atoms with Gasteiger partial charge in [-0.3, -0.25) is 0 Å². The summed E-state index contributed by atoms with van der Waals surface area (Å²) in [6.07, 6.45) is 2.13. The Bertz CT molecular complexity index is 327. The van der Waals surface area contributed by atoms with Gasteiger partial charge in [0, 0.05) is 6.61 Å². The van der Waals surface area contributed by atoms with Gasteiger partial charge < -0.3 is 9.84 Å². The van der Waals surface area contributed by atoms with Crippen molar-refractivity contribution in [2.45, 2.75) is 6.42 Å². The summed E-state index contributed by atoms with van der Waals surface area (Å²) < 4.78 is 4.87. The molecule has 0 atom stereocenters. The van der Waals surface area contributed by atoms with Gasteiger partial charge >= 0.3 is 5.97 Å². The highest BCUT2D eigenvalue weighted by Crippen LogP contribution is 2.06. The lowest BCUT2D eigenvalue weighted by atomic mass is 10.1. The van der Waals surface area contributed by atoms with E-state index in [2.05, 4.69) is 6.58 Å². The van der Waals surface area contributed by atoms with E-state index in [1.165, 1.54) is 6.08 Å². The van der Waals surface area contributed by atoms with Crippen molar-refractivity contribution in [3.8, 4) is 0 Å². The third-order valence-corrected chi connectivity index (χ3v) is 1.92. The Morgan fingerprint density at radius 2 is 2.07 bits per heavy atom. The summed E-state index contributed by atoms with van der Waals surface area (Å²) in [5.74, 6) is -0.356. The van der Waals surface area contributed by atoms with Crippen molar-refractivity contribution >= 4 is 5.97 Å². The highest BCUT2D eigenvalue weighted by molar-refractivity contribution is 5.89. The summed E-state index contributed by atoms with van der Waals surface area (Å²) in [7, 11) is 0. The van der Waals surface area contributed by atoms with Gasteiger partial charge in [-0.25, -0.2) is 4.79 Å². The molecule has 15 heavy (non-hydrogen) atoms. The maximum atomic E-state index is 11.4. The van der Waals surface area contributed by atoms with Crippen LogP contribution in [0.15, 0.2) is 36.9 Å². The van der Waals surface area contributed by atoms with Gasteiger partial charge in [-0.15, -0.1) is 0 Å². The third-order valence-electron chi connectivity index (χ3n) is 1.92. The van der Waals surface area contributed by atoms with Crippen LogP contribution in [0.5, 0.6) is 0 Å². The van der Waals surface area contributed by atoms with E-state index < -0.39 is 0 Å². The molecule has 0 aliphatic carbocycles. The molecule has 0 unspecified atom stereocenters. The summed E-state index contributed by atoms with van der Waals surface area (Å²) in [5, 5.41) is 8.71. The van der Waals surface area contributed by atoms with Gasteiger partial charge in [0.05, 0.1) is 5.56 Å². The van der Waals surface area contributed by atoms with Gasteiger partial charge in [0.25, 0.3) is 0 Å². The molecule has 0 fully saturated rings. The van der Waals surface area contributed by atoms with Crippen molar-refractivity contribution < 1.29 is 14.6 Å². The Morgan fingerprint density at radius 1 is 1.40 bits per heavy atom. The first-order valence-corrected chi connectivity index (χ1v) is 4.75. The Balaban J connectivity index is 2.62. The number of aliphatic hydroxyl groups is 1. The number of ether oxygens (including phenoxy) is 1. The standard InChI is InChI=1S/C12H14O3/c1-2-9-15-12(14)11-5-3-10(4-6-11)7-8-13/h2-6,13H,1,7-9H2. The zero-order valence-electron chi connectivity index (χ0n) is 8.48. The van der Waals surface area contributed by atoms with E-state index in [0.29, 0.717) is 12.0 Å². The first-order chi connectivity index (χ1) is 7.27.